The van der Waals surface area contributed by atoms with Crippen molar-refractivity contribution in [3.05, 3.63) is 71.6 Å². The number of fused-ring (bicyclic) bond motifs is 3. The van der Waals surface area contributed by atoms with E-state index in [0.717, 1.165) is 23.2 Å². The van der Waals surface area contributed by atoms with Gasteiger partial charge in [-0.15, -0.1) is 0 Å². The summed E-state index contributed by atoms with van der Waals surface area (Å²) >= 11 is 0. The lowest BCUT2D eigenvalue weighted by Crippen LogP contribution is -2.29. The van der Waals surface area contributed by atoms with Gasteiger partial charge in [0.15, 0.2) is 0 Å². The Labute approximate surface area is 122 Å². The zero-order chi connectivity index (χ0) is 14.4. The Balaban J connectivity index is 1.78. The largest absolute Gasteiger partial charge is 0.508 e. The molecule has 1 aliphatic heterocycles. The molecule has 2 nitrogen and oxygen atoms in total. The van der Waals surface area contributed by atoms with Gasteiger partial charge in [-0.2, -0.15) is 0 Å². The van der Waals surface area contributed by atoms with Crippen molar-refractivity contribution >= 4 is 5.69 Å². The molecule has 0 saturated carbocycles. The van der Waals surface area contributed by atoms with Crippen LogP contribution in [0.5, 0.6) is 5.75 Å². The lowest BCUT2D eigenvalue weighted by atomic mass is 9.77. The van der Waals surface area contributed by atoms with Gasteiger partial charge < -0.3 is 10.4 Å². The highest BCUT2D eigenvalue weighted by atomic mass is 19.1. The third-order valence-corrected chi connectivity index (χ3v) is 4.58. The Morgan fingerprint density at radius 2 is 1.90 bits per heavy atom. The first-order valence-corrected chi connectivity index (χ1v) is 7.24. The van der Waals surface area contributed by atoms with Crippen molar-refractivity contribution in [2.45, 2.75) is 18.4 Å². The molecule has 2 N–H and O–H groups in total. The second kappa shape index (κ2) is 4.62. The van der Waals surface area contributed by atoms with Crippen molar-refractivity contribution in [1.82, 2.24) is 0 Å². The monoisotopic (exact) mass is 281 g/mol. The van der Waals surface area contributed by atoms with Gasteiger partial charge in [0.05, 0.1) is 6.04 Å². The first kappa shape index (κ1) is 12.5. The van der Waals surface area contributed by atoms with E-state index in [1.54, 1.807) is 18.2 Å². The molecule has 3 heteroatoms. The van der Waals surface area contributed by atoms with Gasteiger partial charge in [0.1, 0.15) is 11.6 Å². The molecule has 3 atom stereocenters. The van der Waals surface area contributed by atoms with Crippen molar-refractivity contribution in [2.24, 2.45) is 5.92 Å². The Bertz CT molecular complexity index is 708. The summed E-state index contributed by atoms with van der Waals surface area (Å²) in [6, 6.07) is 12.5. The van der Waals surface area contributed by atoms with Gasteiger partial charge in [0.2, 0.25) is 0 Å². The van der Waals surface area contributed by atoms with Gasteiger partial charge in [-0.05, 0) is 53.8 Å². The molecule has 1 aliphatic carbocycles. The highest BCUT2D eigenvalue weighted by Crippen LogP contribution is 2.49. The van der Waals surface area contributed by atoms with Crippen LogP contribution in [0.4, 0.5) is 10.1 Å². The highest BCUT2D eigenvalue weighted by molar-refractivity contribution is 5.59. The number of phenolic OH excluding ortho intramolecular Hbond substituents is 1. The molecule has 2 aliphatic rings. The molecule has 0 spiro atoms. The Kier molecular flexibility index (Phi) is 2.74. The SMILES string of the molecule is Oc1ccc(C2Nc3ccc(F)cc3C3C=CCC32)cc1. The summed E-state index contributed by atoms with van der Waals surface area (Å²) in [5.74, 6) is 0.746. The molecule has 2 aromatic rings. The maximum Gasteiger partial charge on any atom is 0.123 e. The predicted molar refractivity (Wildman–Crippen MR) is 80.9 cm³/mol. The molecule has 1 heterocycles. The van der Waals surface area contributed by atoms with Gasteiger partial charge in [-0.25, -0.2) is 4.39 Å². The smallest absolute Gasteiger partial charge is 0.123 e. The molecule has 0 fully saturated rings. The number of aromatic hydroxyl groups is 1. The molecule has 0 aromatic heterocycles. The average Bonchev–Trinajstić information content (AvgIpc) is 2.97. The van der Waals surface area contributed by atoms with Crippen LogP contribution in [0.1, 0.15) is 29.5 Å². The van der Waals surface area contributed by atoms with Crippen molar-refractivity contribution in [3.63, 3.8) is 0 Å². The number of hydrogen-bond donors (Lipinski definition) is 2. The first-order valence-electron chi connectivity index (χ1n) is 7.24. The minimum Gasteiger partial charge on any atom is -0.508 e. The Morgan fingerprint density at radius 1 is 1.10 bits per heavy atom. The fourth-order valence-electron chi connectivity index (χ4n) is 3.58. The van der Waals surface area contributed by atoms with Gasteiger partial charge in [0, 0.05) is 11.6 Å². The molecular formula is C18H16FNO. The molecule has 3 unspecified atom stereocenters. The van der Waals surface area contributed by atoms with Crippen molar-refractivity contribution in [2.75, 3.05) is 5.32 Å². The first-order chi connectivity index (χ1) is 10.2. The van der Waals surface area contributed by atoms with Crippen LogP contribution in [0, 0.1) is 11.7 Å². The zero-order valence-electron chi connectivity index (χ0n) is 11.5. The van der Waals surface area contributed by atoms with Crippen molar-refractivity contribution in [1.29, 1.82) is 0 Å². The van der Waals surface area contributed by atoms with Gasteiger partial charge >= 0.3 is 0 Å². The van der Waals surface area contributed by atoms with Crippen molar-refractivity contribution < 1.29 is 9.50 Å². The third kappa shape index (κ3) is 2.00. The number of rotatable bonds is 1. The number of nitrogens with one attached hydrogen (secondary N) is 1. The van der Waals surface area contributed by atoms with Crippen LogP contribution in [0.3, 0.4) is 0 Å². The summed E-state index contributed by atoms with van der Waals surface area (Å²) in [7, 11) is 0. The number of anilines is 1. The number of halogens is 1. The van der Waals surface area contributed by atoms with E-state index >= 15 is 0 Å². The molecule has 0 saturated heterocycles. The molecular weight excluding hydrogens is 265 g/mol. The van der Waals surface area contributed by atoms with E-state index in [1.807, 2.05) is 18.2 Å². The summed E-state index contributed by atoms with van der Waals surface area (Å²) in [6.07, 6.45) is 5.36. The normalized spacial score (nSPS) is 26.0. The lowest BCUT2D eigenvalue weighted by molar-refractivity contribution is 0.423. The minimum absolute atomic E-state index is 0.183. The summed E-state index contributed by atoms with van der Waals surface area (Å²) in [4.78, 5) is 0. The number of allylic oxidation sites excluding steroid dienone is 2. The van der Waals surface area contributed by atoms with Crippen LogP contribution in [0.15, 0.2) is 54.6 Å². The van der Waals surface area contributed by atoms with Gasteiger partial charge in [-0.1, -0.05) is 24.3 Å². The van der Waals surface area contributed by atoms with E-state index in [-0.39, 0.29) is 23.5 Å². The molecule has 106 valence electrons. The summed E-state index contributed by atoms with van der Waals surface area (Å²) < 4.78 is 13.5. The molecule has 0 bridgehead atoms. The van der Waals surface area contributed by atoms with E-state index in [4.69, 9.17) is 0 Å². The summed E-state index contributed by atoms with van der Waals surface area (Å²) in [5, 5.41) is 13.0. The maximum absolute atomic E-state index is 13.5. The van der Waals surface area contributed by atoms with Gasteiger partial charge in [0.25, 0.3) is 0 Å². The summed E-state index contributed by atoms with van der Waals surface area (Å²) in [6.45, 7) is 0. The number of hydrogen-bond acceptors (Lipinski definition) is 2. The van der Waals surface area contributed by atoms with Crippen LogP contribution < -0.4 is 5.32 Å². The number of phenols is 1. The van der Waals surface area contributed by atoms with E-state index in [2.05, 4.69) is 17.5 Å². The maximum atomic E-state index is 13.5. The molecule has 4 rings (SSSR count). The lowest BCUT2D eigenvalue weighted by Gasteiger charge is -2.37. The highest BCUT2D eigenvalue weighted by Gasteiger charge is 2.37. The van der Waals surface area contributed by atoms with Crippen LogP contribution >= 0.6 is 0 Å². The fraction of sp³-hybridized carbons (Fsp3) is 0.222. The second-order valence-corrected chi connectivity index (χ2v) is 5.80. The molecule has 21 heavy (non-hydrogen) atoms. The summed E-state index contributed by atoms with van der Waals surface area (Å²) in [5.41, 5.74) is 3.20. The fourth-order valence-corrected chi connectivity index (χ4v) is 3.58. The second-order valence-electron chi connectivity index (χ2n) is 5.80. The zero-order valence-corrected chi connectivity index (χ0v) is 11.5. The Hall–Kier alpha value is -2.29. The molecule has 2 aromatic carbocycles. The third-order valence-electron chi connectivity index (χ3n) is 4.58. The van der Waals surface area contributed by atoms with Crippen LogP contribution in [0.2, 0.25) is 0 Å². The minimum atomic E-state index is -0.183. The van der Waals surface area contributed by atoms with Crippen LogP contribution in [0.25, 0.3) is 0 Å². The van der Waals surface area contributed by atoms with Crippen LogP contribution in [-0.4, -0.2) is 5.11 Å². The molecule has 0 radical (unpaired) electrons. The van der Waals surface area contributed by atoms with E-state index in [1.165, 1.54) is 6.07 Å². The van der Waals surface area contributed by atoms with Gasteiger partial charge in [-0.3, -0.25) is 0 Å². The quantitative estimate of drug-likeness (QED) is 0.761. The van der Waals surface area contributed by atoms with E-state index in [9.17, 15) is 9.50 Å². The van der Waals surface area contributed by atoms with Crippen molar-refractivity contribution in [3.8, 4) is 5.75 Å². The van der Waals surface area contributed by atoms with E-state index < -0.39 is 0 Å². The van der Waals surface area contributed by atoms with Crippen LogP contribution in [-0.2, 0) is 0 Å². The standard InChI is InChI=1S/C18H16FNO/c19-12-6-9-17-16(10-12)14-2-1-3-15(14)18(20-17)11-4-7-13(21)8-5-11/h1-2,4-10,14-15,18,20-21H,3H2. The Morgan fingerprint density at radius 3 is 2.71 bits per heavy atom. The molecule has 0 amide bonds. The number of benzene rings is 2. The van der Waals surface area contributed by atoms with E-state index in [0.29, 0.717) is 5.92 Å². The average molecular weight is 281 g/mol. The predicted octanol–water partition coefficient (Wildman–Crippen LogP) is 4.36. The topological polar surface area (TPSA) is 32.3 Å².